The van der Waals surface area contributed by atoms with E-state index < -0.39 is 5.92 Å². The van der Waals surface area contributed by atoms with Gasteiger partial charge in [0.25, 0.3) is 0 Å². The predicted molar refractivity (Wildman–Crippen MR) is 76.0 cm³/mol. The van der Waals surface area contributed by atoms with Crippen LogP contribution in [0.5, 0.6) is 0 Å². The number of carbonyl (C=O) groups is 1. The Morgan fingerprint density at radius 3 is 2.79 bits per heavy atom. The summed E-state index contributed by atoms with van der Waals surface area (Å²) in [6.45, 7) is 3.58. The summed E-state index contributed by atoms with van der Waals surface area (Å²) >= 11 is 0. The molecule has 0 fully saturated rings. The largest absolute Gasteiger partial charge is 0.469 e. The maximum Gasteiger partial charge on any atom is 0.313 e. The van der Waals surface area contributed by atoms with Crippen LogP contribution in [0.3, 0.4) is 0 Å². The molecule has 1 atom stereocenters. The molecule has 0 spiro atoms. The average Bonchev–Trinajstić information content (AvgIpc) is 2.63. The first-order valence-electron chi connectivity index (χ1n) is 6.15. The van der Waals surface area contributed by atoms with E-state index in [0.29, 0.717) is 18.4 Å². The lowest BCUT2D eigenvalue weighted by Gasteiger charge is -2.12. The van der Waals surface area contributed by atoms with Gasteiger partial charge < -0.3 is 4.74 Å². The van der Waals surface area contributed by atoms with Crippen molar-refractivity contribution in [2.24, 2.45) is 0 Å². The quantitative estimate of drug-likeness (QED) is 0.582. The highest BCUT2D eigenvalue weighted by Crippen LogP contribution is 2.20. The first-order chi connectivity index (χ1) is 9.20. The molecule has 1 aromatic carbocycles. The first-order valence-corrected chi connectivity index (χ1v) is 6.15. The summed E-state index contributed by atoms with van der Waals surface area (Å²) in [4.78, 5) is 23.8. The highest BCUT2D eigenvalue weighted by atomic mass is 16.5. The van der Waals surface area contributed by atoms with Gasteiger partial charge >= 0.3 is 5.97 Å². The molecule has 0 aromatic heterocycles. The molecule has 0 saturated carbocycles. The number of hydrogen-bond acceptors (Lipinski definition) is 3. The van der Waals surface area contributed by atoms with Crippen LogP contribution in [-0.4, -0.2) is 13.1 Å². The van der Waals surface area contributed by atoms with Crippen molar-refractivity contribution in [3.05, 3.63) is 70.9 Å². The van der Waals surface area contributed by atoms with Gasteiger partial charge in [-0.05, 0) is 18.9 Å². The van der Waals surface area contributed by atoms with Crippen molar-refractivity contribution >= 4 is 5.97 Å². The van der Waals surface area contributed by atoms with Crippen molar-refractivity contribution in [1.82, 2.24) is 0 Å². The van der Waals surface area contributed by atoms with Crippen molar-refractivity contribution in [3.63, 3.8) is 0 Å². The molecule has 0 N–H and O–H groups in total. The van der Waals surface area contributed by atoms with E-state index >= 15 is 0 Å². The molecule has 1 rings (SSSR count). The summed E-state index contributed by atoms with van der Waals surface area (Å²) in [6, 6.07) is 8.33. The molecule has 0 radical (unpaired) electrons. The Kier molecular flexibility index (Phi) is 6.30. The fraction of sp³-hybridized carbons (Fsp3) is 0.250. The van der Waals surface area contributed by atoms with Crippen LogP contribution in [-0.2, 0) is 9.53 Å². The molecule has 3 nitrogen and oxygen atoms in total. The summed E-state index contributed by atoms with van der Waals surface area (Å²) in [5, 5.41) is 0. The number of hydrogen-bond donors (Lipinski definition) is 0. The molecular weight excluding hydrogens is 240 g/mol. The Hall–Kier alpha value is -2.16. The molecule has 0 aliphatic rings. The third-order valence-electron chi connectivity index (χ3n) is 2.79. The molecule has 0 heterocycles. The number of carbonyl (C=O) groups excluding carboxylic acids is 1. The molecule has 1 aromatic rings. The van der Waals surface area contributed by atoms with E-state index in [1.54, 1.807) is 30.3 Å². The summed E-state index contributed by atoms with van der Waals surface area (Å²) in [7, 11) is 1.34. The van der Waals surface area contributed by atoms with Crippen molar-refractivity contribution in [1.29, 1.82) is 0 Å². The zero-order valence-corrected chi connectivity index (χ0v) is 11.0. The minimum absolute atomic E-state index is 0.145. The van der Waals surface area contributed by atoms with E-state index in [-0.39, 0.29) is 11.4 Å². The van der Waals surface area contributed by atoms with E-state index in [4.69, 9.17) is 4.74 Å². The average molecular weight is 258 g/mol. The van der Waals surface area contributed by atoms with E-state index in [2.05, 4.69) is 6.58 Å². The second kappa shape index (κ2) is 8.03. The number of esters is 1. The van der Waals surface area contributed by atoms with Crippen LogP contribution in [0.1, 0.15) is 24.3 Å². The molecule has 0 aliphatic heterocycles. The van der Waals surface area contributed by atoms with E-state index in [1.165, 1.54) is 13.2 Å². The van der Waals surface area contributed by atoms with Crippen LogP contribution < -0.4 is 5.43 Å². The molecule has 100 valence electrons. The lowest BCUT2D eigenvalue weighted by atomic mass is 9.95. The number of rotatable bonds is 6. The fourth-order valence-corrected chi connectivity index (χ4v) is 1.83. The minimum atomic E-state index is -0.528. The second-order valence-electron chi connectivity index (χ2n) is 4.05. The zero-order valence-electron chi connectivity index (χ0n) is 11.0. The second-order valence-corrected chi connectivity index (χ2v) is 4.05. The third kappa shape index (κ3) is 4.54. The Labute approximate surface area is 113 Å². The maximum atomic E-state index is 11.9. The smallest absolute Gasteiger partial charge is 0.313 e. The Bertz CT molecular complexity index is 517. The van der Waals surface area contributed by atoms with Crippen LogP contribution in [0.15, 0.2) is 59.9 Å². The minimum Gasteiger partial charge on any atom is -0.469 e. The van der Waals surface area contributed by atoms with Crippen molar-refractivity contribution in [2.75, 3.05) is 7.11 Å². The molecule has 0 aliphatic carbocycles. The predicted octanol–water partition coefficient (Wildman–Crippen LogP) is 2.83. The van der Waals surface area contributed by atoms with Gasteiger partial charge in [-0.15, -0.1) is 0 Å². The summed E-state index contributed by atoms with van der Waals surface area (Å²) in [5.41, 5.74) is 0.331. The number of ether oxygens (including phenoxy) is 1. The lowest BCUT2D eigenvalue weighted by Crippen LogP contribution is -2.20. The van der Waals surface area contributed by atoms with Gasteiger partial charge in [0.1, 0.15) is 0 Å². The summed E-state index contributed by atoms with van der Waals surface area (Å²) < 4.78 is 4.79. The number of allylic oxidation sites excluding steroid dienone is 3. The van der Waals surface area contributed by atoms with Gasteiger partial charge in [0.15, 0.2) is 5.43 Å². The maximum absolute atomic E-state index is 11.9. The number of methoxy groups -OCH3 is 1. The topological polar surface area (TPSA) is 43.4 Å². The van der Waals surface area contributed by atoms with E-state index in [0.717, 1.165) is 0 Å². The molecular formula is C16H18O3. The van der Waals surface area contributed by atoms with E-state index in [1.807, 2.05) is 12.2 Å². The van der Waals surface area contributed by atoms with Crippen molar-refractivity contribution in [3.8, 4) is 0 Å². The van der Waals surface area contributed by atoms with Crippen LogP contribution in [0, 0.1) is 0 Å². The van der Waals surface area contributed by atoms with Crippen LogP contribution in [0.25, 0.3) is 0 Å². The molecule has 0 amide bonds. The summed E-state index contributed by atoms with van der Waals surface area (Å²) in [6.07, 6.45) is 6.63. The van der Waals surface area contributed by atoms with E-state index in [9.17, 15) is 9.59 Å². The Morgan fingerprint density at radius 1 is 1.37 bits per heavy atom. The van der Waals surface area contributed by atoms with Crippen LogP contribution in [0.2, 0.25) is 0 Å². The standard InChI is InChI=1S/C16H18O3/c1-3-4-5-7-11-14(16(18)19-2)13-10-8-6-9-12-15(13)17/h3-6,8-10,12,14H,1,7,11H2,2H3/b5-4+. The van der Waals surface area contributed by atoms with Gasteiger partial charge in [-0.1, -0.05) is 49.1 Å². The molecule has 3 heteroatoms. The first kappa shape index (κ1) is 14.9. The van der Waals surface area contributed by atoms with Gasteiger partial charge in [0, 0.05) is 5.56 Å². The molecule has 1 unspecified atom stereocenters. The monoisotopic (exact) mass is 258 g/mol. The highest BCUT2D eigenvalue weighted by Gasteiger charge is 2.22. The Morgan fingerprint density at radius 2 is 2.11 bits per heavy atom. The van der Waals surface area contributed by atoms with Crippen molar-refractivity contribution < 1.29 is 9.53 Å². The molecule has 19 heavy (non-hydrogen) atoms. The Balaban J connectivity index is 3.00. The van der Waals surface area contributed by atoms with Gasteiger partial charge in [-0.2, -0.15) is 0 Å². The third-order valence-corrected chi connectivity index (χ3v) is 2.79. The van der Waals surface area contributed by atoms with Crippen LogP contribution >= 0.6 is 0 Å². The van der Waals surface area contributed by atoms with Gasteiger partial charge in [0.2, 0.25) is 0 Å². The SMILES string of the molecule is C=C/C=C/CCC(C(=O)OC)c1cccccc1=O. The summed E-state index contributed by atoms with van der Waals surface area (Å²) in [5.74, 6) is -0.908. The van der Waals surface area contributed by atoms with Crippen molar-refractivity contribution in [2.45, 2.75) is 18.8 Å². The van der Waals surface area contributed by atoms with Gasteiger partial charge in [-0.25, -0.2) is 0 Å². The van der Waals surface area contributed by atoms with Gasteiger partial charge in [0.05, 0.1) is 13.0 Å². The zero-order chi connectivity index (χ0) is 14.1. The van der Waals surface area contributed by atoms with Crippen LogP contribution in [0.4, 0.5) is 0 Å². The molecule has 0 bridgehead atoms. The highest BCUT2D eigenvalue weighted by molar-refractivity contribution is 5.77. The fourth-order valence-electron chi connectivity index (χ4n) is 1.83. The van der Waals surface area contributed by atoms with Gasteiger partial charge in [-0.3, -0.25) is 9.59 Å². The molecule has 0 saturated heterocycles. The normalized spacial score (nSPS) is 12.1. The lowest BCUT2D eigenvalue weighted by molar-refractivity contribution is -0.142.